The zero-order valence-corrected chi connectivity index (χ0v) is 15.3. The molecule has 2 aliphatic rings. The van der Waals surface area contributed by atoms with Crippen molar-refractivity contribution < 1.29 is 27.4 Å². The Morgan fingerprint density at radius 2 is 1.92 bits per heavy atom. The first kappa shape index (κ1) is 18.3. The van der Waals surface area contributed by atoms with E-state index in [1.54, 1.807) is 26.0 Å². The molecule has 3 rings (SSSR count). The minimum atomic E-state index is -3.74. The van der Waals surface area contributed by atoms with E-state index in [2.05, 4.69) is 9.93 Å². The third kappa shape index (κ3) is 3.85. The second-order valence-corrected chi connectivity index (χ2v) is 8.12. The Morgan fingerprint density at radius 3 is 2.56 bits per heavy atom. The van der Waals surface area contributed by atoms with Gasteiger partial charge in [-0.3, -0.25) is 0 Å². The second kappa shape index (κ2) is 6.65. The topological polar surface area (TPSA) is 95.4 Å². The summed E-state index contributed by atoms with van der Waals surface area (Å²) >= 11 is 0. The molecule has 0 aromatic heterocycles. The Bertz CT molecular complexity index is 746. The van der Waals surface area contributed by atoms with Gasteiger partial charge in [0, 0.05) is 7.11 Å². The van der Waals surface area contributed by atoms with Crippen molar-refractivity contribution in [2.45, 2.75) is 56.1 Å². The van der Waals surface area contributed by atoms with Gasteiger partial charge < -0.3 is 18.9 Å². The Labute approximate surface area is 147 Å². The number of fused-ring (bicyclic) bond motifs is 1. The highest BCUT2D eigenvalue weighted by molar-refractivity contribution is 7.89. The van der Waals surface area contributed by atoms with E-state index in [0.717, 1.165) is 5.56 Å². The third-order valence-corrected chi connectivity index (χ3v) is 5.26. The molecular weight excluding hydrogens is 348 g/mol. The molecule has 1 N–H and O–H groups in total. The van der Waals surface area contributed by atoms with E-state index < -0.39 is 40.4 Å². The number of hydrogen-bond acceptors (Lipinski definition) is 7. The molecule has 0 bridgehead atoms. The Hall–Kier alpha value is -1.52. The minimum Gasteiger partial charge on any atom is -0.375 e. The van der Waals surface area contributed by atoms with E-state index in [-0.39, 0.29) is 4.90 Å². The largest absolute Gasteiger partial charge is 0.375 e. The number of nitrogens with zero attached hydrogens (tertiary/aromatic N) is 1. The molecule has 2 aliphatic heterocycles. The van der Waals surface area contributed by atoms with Crippen LogP contribution in [-0.2, 0) is 29.0 Å². The van der Waals surface area contributed by atoms with Crippen molar-refractivity contribution in [3.05, 3.63) is 29.8 Å². The molecule has 9 heteroatoms. The fraction of sp³-hybridized carbons (Fsp3) is 0.562. The molecule has 0 unspecified atom stereocenters. The molecular formula is C16H22N2O6S. The summed E-state index contributed by atoms with van der Waals surface area (Å²) in [7, 11) is -2.21. The molecule has 8 nitrogen and oxygen atoms in total. The van der Waals surface area contributed by atoms with E-state index in [1.807, 2.05) is 6.92 Å². The molecule has 1 aromatic carbocycles. The van der Waals surface area contributed by atoms with Gasteiger partial charge in [-0.15, -0.1) is 0 Å². The standard InChI is InChI=1S/C16H22N2O6S/c1-10-5-7-11(8-6-10)25(19,20)18-17-9-12-13(21-4)14-15(22-12)24-16(2,3)23-14/h5-9,12-15,18H,1-4H3/b17-9+/t12-,13+,14-,15-/m1/s1. The number of rotatable bonds is 5. The van der Waals surface area contributed by atoms with Gasteiger partial charge in [-0.05, 0) is 32.9 Å². The maximum absolute atomic E-state index is 12.2. The summed E-state index contributed by atoms with van der Waals surface area (Å²) in [5, 5.41) is 3.81. The highest BCUT2D eigenvalue weighted by atomic mass is 32.2. The Balaban J connectivity index is 1.65. The zero-order chi connectivity index (χ0) is 18.2. The number of sulfonamides is 1. The summed E-state index contributed by atoms with van der Waals surface area (Å²) in [6.45, 7) is 5.47. The number of aryl methyl sites for hydroxylation is 1. The Kier molecular flexibility index (Phi) is 4.86. The minimum absolute atomic E-state index is 0.135. The quantitative estimate of drug-likeness (QED) is 0.617. The van der Waals surface area contributed by atoms with Gasteiger partial charge in [0.05, 0.1) is 11.1 Å². The first-order valence-corrected chi connectivity index (χ1v) is 9.36. The summed E-state index contributed by atoms with van der Waals surface area (Å²) < 4.78 is 46.9. The van der Waals surface area contributed by atoms with Crippen molar-refractivity contribution in [1.82, 2.24) is 4.83 Å². The molecule has 0 radical (unpaired) electrons. The summed E-state index contributed by atoms with van der Waals surface area (Å²) in [6, 6.07) is 6.48. The molecule has 1 aromatic rings. The van der Waals surface area contributed by atoms with Gasteiger partial charge in [0.25, 0.3) is 10.0 Å². The summed E-state index contributed by atoms with van der Waals surface area (Å²) in [5.74, 6) is -0.749. The van der Waals surface area contributed by atoms with Crippen LogP contribution in [0.4, 0.5) is 0 Å². The summed E-state index contributed by atoms with van der Waals surface area (Å²) in [5.41, 5.74) is 0.971. The molecule has 0 amide bonds. The molecule has 0 saturated carbocycles. The number of ether oxygens (including phenoxy) is 4. The van der Waals surface area contributed by atoms with E-state index in [1.165, 1.54) is 25.5 Å². The average Bonchev–Trinajstić information content (AvgIpc) is 2.98. The van der Waals surface area contributed by atoms with Crippen LogP contribution in [0.1, 0.15) is 19.4 Å². The van der Waals surface area contributed by atoms with Crippen LogP contribution >= 0.6 is 0 Å². The molecule has 2 fully saturated rings. The average molecular weight is 370 g/mol. The lowest BCUT2D eigenvalue weighted by atomic mass is 10.1. The first-order chi connectivity index (χ1) is 11.7. The first-order valence-electron chi connectivity index (χ1n) is 7.87. The Morgan fingerprint density at radius 1 is 1.24 bits per heavy atom. The smallest absolute Gasteiger partial charge is 0.276 e. The van der Waals surface area contributed by atoms with Gasteiger partial charge in [0.1, 0.15) is 18.3 Å². The fourth-order valence-electron chi connectivity index (χ4n) is 2.84. The maximum atomic E-state index is 12.2. The maximum Gasteiger partial charge on any atom is 0.276 e. The lowest BCUT2D eigenvalue weighted by molar-refractivity contribution is -0.207. The van der Waals surface area contributed by atoms with Crippen molar-refractivity contribution >= 4 is 16.2 Å². The molecule has 25 heavy (non-hydrogen) atoms. The highest BCUT2D eigenvalue weighted by Gasteiger charge is 2.54. The molecule has 0 spiro atoms. The van der Waals surface area contributed by atoms with Crippen LogP contribution in [0.15, 0.2) is 34.3 Å². The van der Waals surface area contributed by atoms with Crippen LogP contribution < -0.4 is 4.83 Å². The van der Waals surface area contributed by atoms with Crippen LogP contribution in [0.25, 0.3) is 0 Å². The number of methoxy groups -OCH3 is 1. The van der Waals surface area contributed by atoms with Crippen molar-refractivity contribution in [3.63, 3.8) is 0 Å². The second-order valence-electron chi connectivity index (χ2n) is 6.46. The van der Waals surface area contributed by atoms with E-state index in [4.69, 9.17) is 18.9 Å². The fourth-order valence-corrected chi connectivity index (χ4v) is 3.64. The van der Waals surface area contributed by atoms with Crippen LogP contribution in [-0.4, -0.2) is 52.1 Å². The van der Waals surface area contributed by atoms with Crippen molar-refractivity contribution in [2.75, 3.05) is 7.11 Å². The van der Waals surface area contributed by atoms with Crippen LogP contribution in [0.5, 0.6) is 0 Å². The van der Waals surface area contributed by atoms with Gasteiger partial charge in [-0.2, -0.15) is 13.5 Å². The number of hydrazone groups is 1. The van der Waals surface area contributed by atoms with Gasteiger partial charge >= 0.3 is 0 Å². The van der Waals surface area contributed by atoms with E-state index >= 15 is 0 Å². The monoisotopic (exact) mass is 370 g/mol. The summed E-state index contributed by atoms with van der Waals surface area (Å²) in [6.07, 6.45) is -0.663. The van der Waals surface area contributed by atoms with E-state index in [9.17, 15) is 8.42 Å². The molecule has 2 heterocycles. The highest BCUT2D eigenvalue weighted by Crippen LogP contribution is 2.37. The lowest BCUT2D eigenvalue weighted by Crippen LogP contribution is -2.37. The van der Waals surface area contributed by atoms with Crippen molar-refractivity contribution in [3.8, 4) is 0 Å². The molecule has 138 valence electrons. The van der Waals surface area contributed by atoms with Gasteiger partial charge in [-0.25, -0.2) is 4.83 Å². The lowest BCUT2D eigenvalue weighted by Gasteiger charge is -2.23. The van der Waals surface area contributed by atoms with Gasteiger partial charge in [0.15, 0.2) is 12.1 Å². The van der Waals surface area contributed by atoms with Crippen molar-refractivity contribution in [1.29, 1.82) is 0 Å². The molecule has 0 aliphatic carbocycles. The van der Waals surface area contributed by atoms with Crippen LogP contribution in [0.2, 0.25) is 0 Å². The normalized spacial score (nSPS) is 31.4. The summed E-state index contributed by atoms with van der Waals surface area (Å²) in [4.78, 5) is 2.31. The number of hydrogen-bond donors (Lipinski definition) is 1. The molecule has 2 saturated heterocycles. The van der Waals surface area contributed by atoms with Gasteiger partial charge in [0.2, 0.25) is 0 Å². The van der Waals surface area contributed by atoms with Crippen LogP contribution in [0.3, 0.4) is 0 Å². The van der Waals surface area contributed by atoms with Crippen molar-refractivity contribution in [2.24, 2.45) is 5.10 Å². The third-order valence-electron chi connectivity index (χ3n) is 4.02. The SMILES string of the molecule is CO[C@@H]1[C@H]2OC(C)(C)O[C@H]2O[C@@H]1/C=N/NS(=O)(=O)c1ccc(C)cc1. The zero-order valence-electron chi connectivity index (χ0n) is 14.5. The van der Waals surface area contributed by atoms with E-state index in [0.29, 0.717) is 0 Å². The van der Waals surface area contributed by atoms with Crippen LogP contribution in [0, 0.1) is 6.92 Å². The predicted octanol–water partition coefficient (Wildman–Crippen LogP) is 1.15. The predicted molar refractivity (Wildman–Crippen MR) is 89.5 cm³/mol. The number of benzene rings is 1. The van der Waals surface area contributed by atoms with Gasteiger partial charge in [-0.1, -0.05) is 17.7 Å². The number of nitrogens with one attached hydrogen (secondary N) is 1. The molecule has 4 atom stereocenters.